The van der Waals surface area contributed by atoms with Crippen LogP contribution in [0.1, 0.15) is 16.8 Å². The van der Waals surface area contributed by atoms with E-state index in [9.17, 15) is 5.26 Å². The first kappa shape index (κ1) is 13.4. The molecule has 0 amide bonds. The van der Waals surface area contributed by atoms with Crippen LogP contribution in [0.2, 0.25) is 0 Å². The van der Waals surface area contributed by atoms with Crippen LogP contribution >= 0.6 is 11.8 Å². The molecular formula is C14H14N4S. The number of benzene rings is 1. The van der Waals surface area contributed by atoms with Crippen LogP contribution in [0.15, 0.2) is 29.4 Å². The third kappa shape index (κ3) is 3.04. The summed E-state index contributed by atoms with van der Waals surface area (Å²) in [6.45, 7) is 3.84. The van der Waals surface area contributed by atoms with Gasteiger partial charge in [-0.1, -0.05) is 23.9 Å². The normalized spacial score (nSPS) is 10.0. The number of anilines is 2. The summed E-state index contributed by atoms with van der Waals surface area (Å²) in [6.07, 6.45) is 1.91. The number of hydrogen-bond donors (Lipinski definition) is 1. The standard InChI is InChI=1S/C14H14N4S/c1-9-5-4-6-11(7-9)17-13-12(8-15)10(2)16-14(18-13)19-3/h4-7H,1-3H3,(H,16,17,18). The highest BCUT2D eigenvalue weighted by molar-refractivity contribution is 7.98. The molecule has 96 valence electrons. The lowest BCUT2D eigenvalue weighted by Gasteiger charge is -2.10. The number of nitrogens with one attached hydrogen (secondary N) is 1. The van der Waals surface area contributed by atoms with Gasteiger partial charge in [-0.2, -0.15) is 5.26 Å². The first-order valence-corrected chi connectivity index (χ1v) is 7.03. The predicted octanol–water partition coefficient (Wildman–Crippen LogP) is 3.43. The molecule has 0 aliphatic rings. The average molecular weight is 270 g/mol. The predicted molar refractivity (Wildman–Crippen MR) is 77.7 cm³/mol. The van der Waals surface area contributed by atoms with Crippen molar-refractivity contribution in [2.45, 2.75) is 19.0 Å². The zero-order chi connectivity index (χ0) is 13.8. The summed E-state index contributed by atoms with van der Waals surface area (Å²) in [5.74, 6) is 0.560. The molecule has 1 aromatic heterocycles. The molecular weight excluding hydrogens is 256 g/mol. The minimum atomic E-state index is 0.485. The van der Waals surface area contributed by atoms with Gasteiger partial charge in [0.05, 0.1) is 5.69 Å². The molecule has 0 spiro atoms. The Balaban J connectivity index is 2.44. The third-order valence-electron chi connectivity index (χ3n) is 2.64. The Morgan fingerprint density at radius 3 is 2.68 bits per heavy atom. The molecule has 0 fully saturated rings. The van der Waals surface area contributed by atoms with E-state index in [1.165, 1.54) is 11.8 Å². The van der Waals surface area contributed by atoms with Gasteiger partial charge in [0, 0.05) is 5.69 Å². The smallest absolute Gasteiger partial charge is 0.189 e. The van der Waals surface area contributed by atoms with Gasteiger partial charge in [0.1, 0.15) is 11.6 Å². The van der Waals surface area contributed by atoms with Crippen molar-refractivity contribution in [3.8, 4) is 6.07 Å². The van der Waals surface area contributed by atoms with E-state index >= 15 is 0 Å². The van der Waals surface area contributed by atoms with Crippen molar-refractivity contribution in [3.05, 3.63) is 41.1 Å². The molecule has 0 aliphatic heterocycles. The maximum absolute atomic E-state index is 9.22. The van der Waals surface area contributed by atoms with Crippen molar-refractivity contribution in [2.75, 3.05) is 11.6 Å². The zero-order valence-corrected chi connectivity index (χ0v) is 11.9. The largest absolute Gasteiger partial charge is 0.339 e. The molecule has 19 heavy (non-hydrogen) atoms. The van der Waals surface area contributed by atoms with Gasteiger partial charge >= 0.3 is 0 Å². The van der Waals surface area contributed by atoms with E-state index in [2.05, 4.69) is 21.4 Å². The maximum Gasteiger partial charge on any atom is 0.189 e. The van der Waals surface area contributed by atoms with E-state index in [0.29, 0.717) is 22.2 Å². The van der Waals surface area contributed by atoms with Crippen molar-refractivity contribution in [2.24, 2.45) is 0 Å². The number of hydrogen-bond acceptors (Lipinski definition) is 5. The lowest BCUT2D eigenvalue weighted by Crippen LogP contribution is -2.03. The molecule has 5 heteroatoms. The van der Waals surface area contributed by atoms with Gasteiger partial charge in [0.15, 0.2) is 11.0 Å². The van der Waals surface area contributed by atoms with E-state index in [-0.39, 0.29) is 0 Å². The molecule has 0 radical (unpaired) electrons. The third-order valence-corrected chi connectivity index (χ3v) is 3.19. The summed E-state index contributed by atoms with van der Waals surface area (Å²) in [5, 5.41) is 13.1. The summed E-state index contributed by atoms with van der Waals surface area (Å²) >= 11 is 1.46. The second-order valence-corrected chi connectivity index (χ2v) is 4.90. The molecule has 0 aliphatic carbocycles. The van der Waals surface area contributed by atoms with E-state index in [4.69, 9.17) is 0 Å². The van der Waals surface area contributed by atoms with Crippen LogP contribution < -0.4 is 5.32 Å². The molecule has 0 bridgehead atoms. The van der Waals surface area contributed by atoms with Crippen molar-refractivity contribution in [1.29, 1.82) is 5.26 Å². The molecule has 0 unspecified atom stereocenters. The molecule has 1 N–H and O–H groups in total. The van der Waals surface area contributed by atoms with Gasteiger partial charge in [-0.25, -0.2) is 9.97 Å². The van der Waals surface area contributed by atoms with Gasteiger partial charge in [-0.3, -0.25) is 0 Å². The molecule has 1 aromatic carbocycles. The van der Waals surface area contributed by atoms with Crippen molar-refractivity contribution >= 4 is 23.3 Å². The number of rotatable bonds is 3. The van der Waals surface area contributed by atoms with E-state index in [1.807, 2.05) is 44.4 Å². The monoisotopic (exact) mass is 270 g/mol. The average Bonchev–Trinajstić information content (AvgIpc) is 2.38. The maximum atomic E-state index is 9.22. The Hall–Kier alpha value is -2.06. The minimum absolute atomic E-state index is 0.485. The first-order chi connectivity index (χ1) is 9.13. The Morgan fingerprint density at radius 2 is 2.05 bits per heavy atom. The summed E-state index contributed by atoms with van der Waals surface area (Å²) in [5.41, 5.74) is 3.25. The van der Waals surface area contributed by atoms with Crippen molar-refractivity contribution in [1.82, 2.24) is 9.97 Å². The van der Waals surface area contributed by atoms with Gasteiger partial charge < -0.3 is 5.32 Å². The highest BCUT2D eigenvalue weighted by Crippen LogP contribution is 2.23. The summed E-state index contributed by atoms with van der Waals surface area (Å²) in [4.78, 5) is 8.64. The summed E-state index contributed by atoms with van der Waals surface area (Å²) in [6, 6.07) is 10.1. The van der Waals surface area contributed by atoms with Crippen LogP contribution in [-0.2, 0) is 0 Å². The fourth-order valence-corrected chi connectivity index (χ4v) is 2.13. The SMILES string of the molecule is CSc1nc(C)c(C#N)c(Nc2cccc(C)c2)n1. The highest BCUT2D eigenvalue weighted by atomic mass is 32.2. The Morgan fingerprint density at radius 1 is 1.26 bits per heavy atom. The fraction of sp³-hybridized carbons (Fsp3) is 0.214. The van der Waals surface area contributed by atoms with Crippen LogP contribution in [0, 0.1) is 25.2 Å². The second-order valence-electron chi connectivity index (χ2n) is 4.13. The molecule has 0 saturated heterocycles. The Bertz CT molecular complexity index is 646. The fourth-order valence-electron chi connectivity index (χ4n) is 1.72. The topological polar surface area (TPSA) is 61.6 Å². The van der Waals surface area contributed by atoms with Gasteiger partial charge in [0.25, 0.3) is 0 Å². The molecule has 2 aromatic rings. The number of nitrogens with zero attached hydrogens (tertiary/aromatic N) is 3. The second kappa shape index (κ2) is 5.72. The summed E-state index contributed by atoms with van der Waals surface area (Å²) in [7, 11) is 0. The number of aromatic nitrogens is 2. The summed E-state index contributed by atoms with van der Waals surface area (Å²) < 4.78 is 0. The molecule has 2 rings (SSSR count). The van der Waals surface area contributed by atoms with E-state index in [1.54, 1.807) is 0 Å². The first-order valence-electron chi connectivity index (χ1n) is 5.80. The highest BCUT2D eigenvalue weighted by Gasteiger charge is 2.11. The van der Waals surface area contributed by atoms with Crippen LogP contribution in [0.3, 0.4) is 0 Å². The number of aryl methyl sites for hydroxylation is 2. The van der Waals surface area contributed by atoms with Crippen molar-refractivity contribution in [3.63, 3.8) is 0 Å². The van der Waals surface area contributed by atoms with Crippen LogP contribution in [-0.4, -0.2) is 16.2 Å². The zero-order valence-electron chi connectivity index (χ0n) is 11.1. The van der Waals surface area contributed by atoms with Crippen molar-refractivity contribution < 1.29 is 0 Å². The Kier molecular flexibility index (Phi) is 4.03. The lowest BCUT2D eigenvalue weighted by atomic mass is 10.2. The van der Waals surface area contributed by atoms with Gasteiger partial charge in [0.2, 0.25) is 0 Å². The quantitative estimate of drug-likeness (QED) is 0.684. The van der Waals surface area contributed by atoms with Gasteiger partial charge in [-0.05, 0) is 37.8 Å². The minimum Gasteiger partial charge on any atom is -0.339 e. The number of nitriles is 1. The molecule has 1 heterocycles. The van der Waals surface area contributed by atoms with Crippen LogP contribution in [0.4, 0.5) is 11.5 Å². The van der Waals surface area contributed by atoms with Gasteiger partial charge in [-0.15, -0.1) is 0 Å². The Labute approximate surface area is 116 Å². The molecule has 0 atom stereocenters. The van der Waals surface area contributed by atoms with E-state index < -0.39 is 0 Å². The number of thioether (sulfide) groups is 1. The molecule has 0 saturated carbocycles. The van der Waals surface area contributed by atoms with Crippen LogP contribution in [0.25, 0.3) is 0 Å². The molecule has 4 nitrogen and oxygen atoms in total. The van der Waals surface area contributed by atoms with Crippen LogP contribution in [0.5, 0.6) is 0 Å². The lowest BCUT2D eigenvalue weighted by molar-refractivity contribution is 0.932. The van der Waals surface area contributed by atoms with E-state index in [0.717, 1.165) is 11.3 Å².